The molecule has 0 saturated carbocycles. The van der Waals surface area contributed by atoms with Crippen LogP contribution in [0.2, 0.25) is 0 Å². The third-order valence-corrected chi connectivity index (χ3v) is 7.08. The van der Waals surface area contributed by atoms with Crippen LogP contribution in [-0.4, -0.2) is 52.4 Å². The van der Waals surface area contributed by atoms with Crippen LogP contribution in [0.4, 0.5) is 0 Å². The predicted molar refractivity (Wildman–Crippen MR) is 126 cm³/mol. The normalized spacial score (nSPS) is 14.2. The van der Waals surface area contributed by atoms with Gasteiger partial charge >= 0.3 is 0 Å². The number of benzene rings is 1. The first-order chi connectivity index (χ1) is 15.6. The van der Waals surface area contributed by atoms with E-state index in [9.17, 15) is 9.59 Å². The molecule has 0 aliphatic carbocycles. The second-order valence-electron chi connectivity index (χ2n) is 7.39. The average Bonchev–Trinajstić information content (AvgIpc) is 3.45. The molecule has 9 heteroatoms. The highest BCUT2D eigenvalue weighted by Crippen LogP contribution is 2.33. The van der Waals surface area contributed by atoms with Crippen LogP contribution < -0.4 is 5.56 Å². The molecule has 1 fully saturated rings. The van der Waals surface area contributed by atoms with E-state index in [1.54, 1.807) is 9.47 Å². The Kier molecular flexibility index (Phi) is 5.86. The molecule has 7 nitrogen and oxygen atoms in total. The predicted octanol–water partition coefficient (Wildman–Crippen LogP) is 3.97. The standard InChI is InChI=1S/C23H21N3O4S2/c1-15-7-8-18(30-15)17-13-31-21-20(17)22(28)26(16-5-3-2-4-6-16)23(24-21)32-14-19(27)25-9-11-29-12-10-25/h2-8,13H,9-12,14H2,1H3. The van der Waals surface area contributed by atoms with Crippen molar-refractivity contribution >= 4 is 39.2 Å². The van der Waals surface area contributed by atoms with E-state index in [4.69, 9.17) is 14.1 Å². The zero-order valence-electron chi connectivity index (χ0n) is 17.4. The lowest BCUT2D eigenvalue weighted by Gasteiger charge is -2.26. The van der Waals surface area contributed by atoms with Crippen molar-refractivity contribution in [2.24, 2.45) is 0 Å². The smallest absolute Gasteiger partial charge is 0.268 e. The van der Waals surface area contributed by atoms with Gasteiger partial charge in [-0.05, 0) is 31.2 Å². The molecule has 1 aromatic carbocycles. The minimum Gasteiger partial charge on any atom is -0.461 e. The fourth-order valence-electron chi connectivity index (χ4n) is 3.66. The van der Waals surface area contributed by atoms with E-state index in [1.165, 1.54) is 23.1 Å². The van der Waals surface area contributed by atoms with Crippen LogP contribution in [0, 0.1) is 6.92 Å². The first-order valence-electron chi connectivity index (χ1n) is 10.3. The third kappa shape index (κ3) is 3.99. The first-order valence-corrected chi connectivity index (χ1v) is 12.1. The highest BCUT2D eigenvalue weighted by atomic mass is 32.2. The minimum atomic E-state index is -0.173. The van der Waals surface area contributed by atoms with Gasteiger partial charge in [0.15, 0.2) is 5.16 Å². The van der Waals surface area contributed by atoms with Crippen LogP contribution in [0.3, 0.4) is 0 Å². The van der Waals surface area contributed by atoms with Crippen molar-refractivity contribution in [1.82, 2.24) is 14.5 Å². The number of aryl methyl sites for hydroxylation is 1. The van der Waals surface area contributed by atoms with Gasteiger partial charge in [-0.2, -0.15) is 0 Å². The molecule has 1 saturated heterocycles. The number of rotatable bonds is 5. The lowest BCUT2D eigenvalue weighted by molar-refractivity contribution is -0.132. The summed E-state index contributed by atoms with van der Waals surface area (Å²) in [7, 11) is 0. The van der Waals surface area contributed by atoms with E-state index < -0.39 is 0 Å². The molecular formula is C23H21N3O4S2. The van der Waals surface area contributed by atoms with Gasteiger partial charge in [0, 0.05) is 24.0 Å². The van der Waals surface area contributed by atoms with Gasteiger partial charge in [0.05, 0.1) is 30.0 Å². The van der Waals surface area contributed by atoms with E-state index in [1.807, 2.05) is 54.8 Å². The van der Waals surface area contributed by atoms with Crippen LogP contribution in [0.15, 0.2) is 62.2 Å². The van der Waals surface area contributed by atoms with Crippen molar-refractivity contribution < 1.29 is 13.9 Å². The van der Waals surface area contributed by atoms with Crippen molar-refractivity contribution in [3.63, 3.8) is 0 Å². The van der Waals surface area contributed by atoms with E-state index >= 15 is 0 Å². The molecule has 4 aromatic rings. The van der Waals surface area contributed by atoms with Crippen LogP contribution in [0.1, 0.15) is 5.76 Å². The van der Waals surface area contributed by atoms with Gasteiger partial charge in [0.25, 0.3) is 5.56 Å². The maximum Gasteiger partial charge on any atom is 0.268 e. The number of thioether (sulfide) groups is 1. The van der Waals surface area contributed by atoms with Gasteiger partial charge in [-0.25, -0.2) is 4.98 Å². The van der Waals surface area contributed by atoms with Crippen LogP contribution in [0.25, 0.3) is 27.2 Å². The fraction of sp³-hybridized carbons (Fsp3) is 0.261. The molecular weight excluding hydrogens is 446 g/mol. The molecule has 1 aliphatic rings. The number of nitrogens with zero attached hydrogens (tertiary/aromatic N) is 3. The van der Waals surface area contributed by atoms with Crippen LogP contribution in [-0.2, 0) is 9.53 Å². The lowest BCUT2D eigenvalue weighted by Crippen LogP contribution is -2.41. The van der Waals surface area contributed by atoms with Crippen LogP contribution in [0.5, 0.6) is 0 Å². The molecule has 5 rings (SSSR count). The Morgan fingerprint density at radius 2 is 1.94 bits per heavy atom. The van der Waals surface area contributed by atoms with E-state index in [0.717, 1.165) is 11.3 Å². The lowest BCUT2D eigenvalue weighted by atomic mass is 10.2. The van der Waals surface area contributed by atoms with E-state index in [0.29, 0.717) is 53.1 Å². The maximum atomic E-state index is 13.7. The summed E-state index contributed by atoms with van der Waals surface area (Å²) in [4.78, 5) is 33.6. The molecule has 32 heavy (non-hydrogen) atoms. The Morgan fingerprint density at radius 3 is 2.66 bits per heavy atom. The Hall–Kier alpha value is -2.88. The van der Waals surface area contributed by atoms with Gasteiger partial charge in [-0.15, -0.1) is 11.3 Å². The summed E-state index contributed by atoms with van der Waals surface area (Å²) in [5, 5.41) is 2.93. The SMILES string of the molecule is Cc1ccc(-c2csc3nc(SCC(=O)N4CCOCC4)n(-c4ccccc4)c(=O)c23)o1. The summed E-state index contributed by atoms with van der Waals surface area (Å²) in [5.41, 5.74) is 1.27. The highest BCUT2D eigenvalue weighted by Gasteiger charge is 2.22. The summed E-state index contributed by atoms with van der Waals surface area (Å²) in [6.45, 7) is 4.17. The summed E-state index contributed by atoms with van der Waals surface area (Å²) in [6, 6.07) is 13.1. The van der Waals surface area contributed by atoms with Crippen molar-refractivity contribution in [2.75, 3.05) is 32.1 Å². The Labute approximate surface area is 192 Å². The monoisotopic (exact) mass is 467 g/mol. The molecule has 4 heterocycles. The number of ether oxygens (including phenoxy) is 1. The summed E-state index contributed by atoms with van der Waals surface area (Å²) in [6.07, 6.45) is 0. The molecule has 0 unspecified atom stereocenters. The largest absolute Gasteiger partial charge is 0.461 e. The summed E-state index contributed by atoms with van der Waals surface area (Å²) < 4.78 is 12.7. The first kappa shape index (κ1) is 21.0. The Bertz CT molecular complexity index is 1320. The Morgan fingerprint density at radius 1 is 1.16 bits per heavy atom. The number of morpholine rings is 1. The number of furan rings is 1. The number of aromatic nitrogens is 2. The molecule has 1 amide bonds. The number of para-hydroxylation sites is 1. The van der Waals surface area contributed by atoms with Crippen molar-refractivity contribution in [2.45, 2.75) is 12.1 Å². The quantitative estimate of drug-likeness (QED) is 0.327. The molecule has 164 valence electrons. The molecule has 0 atom stereocenters. The molecule has 3 aromatic heterocycles. The van der Waals surface area contributed by atoms with Gasteiger partial charge in [0.2, 0.25) is 5.91 Å². The van der Waals surface area contributed by atoms with E-state index in [2.05, 4.69) is 0 Å². The number of amides is 1. The number of fused-ring (bicyclic) bond motifs is 1. The molecule has 0 N–H and O–H groups in total. The molecule has 1 aliphatic heterocycles. The zero-order chi connectivity index (χ0) is 22.1. The number of carbonyl (C=O) groups is 1. The van der Waals surface area contributed by atoms with Gasteiger partial charge < -0.3 is 14.1 Å². The second kappa shape index (κ2) is 8.93. The minimum absolute atomic E-state index is 0.0187. The van der Waals surface area contributed by atoms with Gasteiger partial charge in [-0.3, -0.25) is 14.2 Å². The third-order valence-electron chi connectivity index (χ3n) is 5.29. The number of hydrogen-bond donors (Lipinski definition) is 0. The summed E-state index contributed by atoms with van der Waals surface area (Å²) in [5.74, 6) is 1.66. The number of hydrogen-bond acceptors (Lipinski definition) is 7. The fourth-order valence-corrected chi connectivity index (χ4v) is 5.55. The number of thiophene rings is 1. The molecule has 0 bridgehead atoms. The van der Waals surface area contributed by atoms with E-state index in [-0.39, 0.29) is 17.2 Å². The van der Waals surface area contributed by atoms with Crippen molar-refractivity contribution in [3.05, 3.63) is 64.0 Å². The topological polar surface area (TPSA) is 77.6 Å². The molecule has 0 radical (unpaired) electrons. The second-order valence-corrected chi connectivity index (χ2v) is 9.19. The van der Waals surface area contributed by atoms with Crippen LogP contribution >= 0.6 is 23.1 Å². The van der Waals surface area contributed by atoms with Gasteiger partial charge in [-0.1, -0.05) is 30.0 Å². The highest BCUT2D eigenvalue weighted by molar-refractivity contribution is 7.99. The zero-order valence-corrected chi connectivity index (χ0v) is 19.1. The van der Waals surface area contributed by atoms with Crippen molar-refractivity contribution in [1.29, 1.82) is 0 Å². The molecule has 0 spiro atoms. The number of carbonyl (C=O) groups excluding carboxylic acids is 1. The van der Waals surface area contributed by atoms with Gasteiger partial charge in [0.1, 0.15) is 16.4 Å². The Balaban J connectivity index is 1.57. The summed E-state index contributed by atoms with van der Waals surface area (Å²) >= 11 is 2.69. The van der Waals surface area contributed by atoms with Crippen molar-refractivity contribution in [3.8, 4) is 17.0 Å². The average molecular weight is 468 g/mol. The maximum absolute atomic E-state index is 13.7.